The van der Waals surface area contributed by atoms with Gasteiger partial charge in [-0.2, -0.15) is 14.1 Å². The van der Waals surface area contributed by atoms with E-state index in [1.807, 2.05) is 17.5 Å². The van der Waals surface area contributed by atoms with Crippen molar-refractivity contribution in [3.05, 3.63) is 75.0 Å². The summed E-state index contributed by atoms with van der Waals surface area (Å²) >= 11 is 1.51. The zero-order valence-electron chi connectivity index (χ0n) is 21.2. The van der Waals surface area contributed by atoms with Gasteiger partial charge in [-0.15, -0.1) is 11.3 Å². The summed E-state index contributed by atoms with van der Waals surface area (Å²) in [6, 6.07) is 11.5. The summed E-state index contributed by atoms with van der Waals surface area (Å²) in [4.78, 5) is 34.6. The maximum absolute atomic E-state index is 13.3. The molecule has 4 heterocycles. The van der Waals surface area contributed by atoms with Gasteiger partial charge in [-0.25, -0.2) is 13.4 Å². The summed E-state index contributed by atoms with van der Waals surface area (Å²) in [5.41, 5.74) is 2.20. The number of benzene rings is 1. The zero-order valence-corrected chi connectivity index (χ0v) is 22.9. The van der Waals surface area contributed by atoms with E-state index in [0.29, 0.717) is 42.1 Å². The van der Waals surface area contributed by atoms with Gasteiger partial charge in [-0.05, 0) is 74.2 Å². The number of carbonyl (C=O) groups is 1. The molecule has 1 aliphatic carbocycles. The number of aryl methyl sites for hydroxylation is 1. The largest absolute Gasteiger partial charge is 0.306 e. The van der Waals surface area contributed by atoms with Gasteiger partial charge >= 0.3 is 0 Å². The van der Waals surface area contributed by atoms with Crippen molar-refractivity contribution in [2.75, 3.05) is 18.4 Å². The van der Waals surface area contributed by atoms with Crippen LogP contribution < -0.4 is 10.9 Å². The molecule has 12 heteroatoms. The molecule has 2 N–H and O–H groups in total. The number of carbonyl (C=O) groups excluding carboxylic acids is 1. The number of nitrogens with zero attached hydrogens (tertiary/aromatic N) is 4. The minimum Gasteiger partial charge on any atom is -0.306 e. The molecule has 0 saturated carbocycles. The molecule has 0 unspecified atom stereocenters. The first-order chi connectivity index (χ1) is 18.9. The monoisotopic (exact) mass is 564 g/mol. The summed E-state index contributed by atoms with van der Waals surface area (Å²) in [6.45, 7) is 1.03. The number of H-pyrrole nitrogens is 1. The number of aromatic amines is 1. The first kappa shape index (κ1) is 25.7. The molecule has 0 bridgehead atoms. The van der Waals surface area contributed by atoms with Crippen molar-refractivity contribution in [2.24, 2.45) is 0 Å². The van der Waals surface area contributed by atoms with Gasteiger partial charge < -0.3 is 5.32 Å². The van der Waals surface area contributed by atoms with E-state index >= 15 is 0 Å². The number of hydrogen-bond donors (Lipinski definition) is 2. The maximum atomic E-state index is 13.3. The molecule has 1 aliphatic heterocycles. The highest BCUT2D eigenvalue weighted by Gasteiger charge is 2.26. The first-order valence-corrected chi connectivity index (χ1v) is 15.4. The Morgan fingerprint density at radius 2 is 1.77 bits per heavy atom. The molecule has 4 aromatic rings. The molecule has 1 saturated heterocycles. The van der Waals surface area contributed by atoms with Crippen LogP contribution in [0.1, 0.15) is 53.7 Å². The molecule has 0 spiro atoms. The first-order valence-electron chi connectivity index (χ1n) is 13.1. The quantitative estimate of drug-likeness (QED) is 0.364. The van der Waals surface area contributed by atoms with E-state index in [1.165, 1.54) is 44.6 Å². The fourth-order valence-electron chi connectivity index (χ4n) is 5.09. The van der Waals surface area contributed by atoms with Crippen LogP contribution in [0, 0.1) is 0 Å². The van der Waals surface area contributed by atoms with E-state index in [2.05, 4.69) is 20.4 Å². The average molecular weight is 565 g/mol. The smallest absolute Gasteiger partial charge is 0.256 e. The Morgan fingerprint density at radius 3 is 2.51 bits per heavy atom. The number of aromatic nitrogens is 4. The maximum Gasteiger partial charge on any atom is 0.256 e. The molecule has 6 rings (SSSR count). The normalized spacial score (nSPS) is 16.1. The van der Waals surface area contributed by atoms with Crippen LogP contribution >= 0.6 is 11.3 Å². The van der Waals surface area contributed by atoms with Crippen molar-refractivity contribution >= 4 is 33.1 Å². The summed E-state index contributed by atoms with van der Waals surface area (Å²) in [5, 5.41) is 9.46. The lowest BCUT2D eigenvalue weighted by molar-refractivity contribution is 0.102. The number of sulfonamides is 1. The van der Waals surface area contributed by atoms with E-state index in [9.17, 15) is 18.0 Å². The number of thiophene rings is 1. The van der Waals surface area contributed by atoms with Crippen LogP contribution in [0.4, 0.5) is 5.82 Å². The fraction of sp³-hybridized carbons (Fsp3) is 0.333. The second-order valence-electron chi connectivity index (χ2n) is 9.77. The van der Waals surface area contributed by atoms with Crippen LogP contribution in [0.15, 0.2) is 57.5 Å². The van der Waals surface area contributed by atoms with E-state index in [0.717, 1.165) is 49.1 Å². The Labute approximate surface area is 229 Å². The van der Waals surface area contributed by atoms with Gasteiger partial charge in [-0.3, -0.25) is 14.6 Å². The number of piperidine rings is 1. The lowest BCUT2D eigenvalue weighted by atomic mass is 9.97. The summed E-state index contributed by atoms with van der Waals surface area (Å²) < 4.78 is 28.9. The third kappa shape index (κ3) is 5.07. The Bertz CT molecular complexity index is 1670. The lowest BCUT2D eigenvalue weighted by Crippen LogP contribution is -2.35. The zero-order chi connectivity index (χ0) is 27.0. The molecule has 1 aromatic carbocycles. The molecule has 202 valence electrons. The molecular formula is C27H28N6O4S2. The van der Waals surface area contributed by atoms with Gasteiger partial charge in [0.25, 0.3) is 11.5 Å². The highest BCUT2D eigenvalue weighted by atomic mass is 32.2. The van der Waals surface area contributed by atoms with Crippen LogP contribution in [0.5, 0.6) is 0 Å². The number of amides is 1. The molecule has 3 aromatic heterocycles. The van der Waals surface area contributed by atoms with Crippen molar-refractivity contribution < 1.29 is 13.2 Å². The highest BCUT2D eigenvalue weighted by molar-refractivity contribution is 7.89. The van der Waals surface area contributed by atoms with E-state index in [1.54, 1.807) is 6.07 Å². The molecule has 0 atom stereocenters. The Kier molecular flexibility index (Phi) is 6.92. The van der Waals surface area contributed by atoms with Gasteiger partial charge in [0.1, 0.15) is 11.5 Å². The Balaban J connectivity index is 1.30. The van der Waals surface area contributed by atoms with Crippen LogP contribution in [0.3, 0.4) is 0 Å². The second kappa shape index (κ2) is 10.5. The van der Waals surface area contributed by atoms with Gasteiger partial charge in [0, 0.05) is 30.3 Å². The van der Waals surface area contributed by atoms with Crippen LogP contribution in [-0.2, 0) is 22.9 Å². The molecule has 0 radical (unpaired) electrons. The number of rotatable bonds is 6. The van der Waals surface area contributed by atoms with Crippen molar-refractivity contribution in [3.8, 4) is 16.5 Å². The third-order valence-electron chi connectivity index (χ3n) is 7.17. The van der Waals surface area contributed by atoms with Crippen molar-refractivity contribution in [2.45, 2.75) is 49.8 Å². The van der Waals surface area contributed by atoms with E-state index < -0.39 is 15.9 Å². The van der Waals surface area contributed by atoms with E-state index in [4.69, 9.17) is 0 Å². The van der Waals surface area contributed by atoms with Crippen LogP contribution in [-0.4, -0.2) is 51.5 Å². The van der Waals surface area contributed by atoms with Crippen molar-refractivity contribution in [3.63, 3.8) is 0 Å². The van der Waals surface area contributed by atoms with Crippen molar-refractivity contribution in [1.29, 1.82) is 0 Å². The fourth-order valence-corrected chi connectivity index (χ4v) is 7.29. The van der Waals surface area contributed by atoms with Crippen molar-refractivity contribution in [1.82, 2.24) is 24.1 Å². The third-order valence-corrected chi connectivity index (χ3v) is 9.98. The summed E-state index contributed by atoms with van der Waals surface area (Å²) in [6.07, 6.45) is 6.09. The Hall–Kier alpha value is -3.61. The Morgan fingerprint density at radius 1 is 1.00 bits per heavy atom. The minimum absolute atomic E-state index is 0.168. The van der Waals surface area contributed by atoms with E-state index in [-0.39, 0.29) is 16.4 Å². The average Bonchev–Trinajstić information content (AvgIpc) is 3.64. The molecular weight excluding hydrogens is 536 g/mol. The molecule has 1 fully saturated rings. The topological polar surface area (TPSA) is 130 Å². The van der Waals surface area contributed by atoms with Gasteiger partial charge in [0.15, 0.2) is 0 Å². The highest BCUT2D eigenvalue weighted by Crippen LogP contribution is 2.28. The minimum atomic E-state index is -3.59. The lowest BCUT2D eigenvalue weighted by Gasteiger charge is -2.25. The number of anilines is 1. The SMILES string of the molecule is O=C(Nc1cc(-c2cccs2)nn1-c1nc2c(c(=O)[nH]1)CCCC2)c1ccc(S(=O)(=O)N2CCCCC2)cc1. The predicted octanol–water partition coefficient (Wildman–Crippen LogP) is 3.99. The molecule has 10 nitrogen and oxygen atoms in total. The molecule has 1 amide bonds. The van der Waals surface area contributed by atoms with Gasteiger partial charge in [0.05, 0.1) is 15.5 Å². The number of fused-ring (bicyclic) bond motifs is 1. The summed E-state index contributed by atoms with van der Waals surface area (Å²) in [7, 11) is -3.59. The van der Waals surface area contributed by atoms with Gasteiger partial charge in [0.2, 0.25) is 16.0 Å². The molecule has 2 aliphatic rings. The van der Waals surface area contributed by atoms with Crippen LogP contribution in [0.2, 0.25) is 0 Å². The standard InChI is InChI=1S/C27H28N6O4S2/c34-25(18-10-12-19(13-11-18)39(36,37)32-14-4-1-5-15-32)29-24-17-22(23-9-6-16-38-23)31-33(24)27-28-21-8-3-2-7-20(21)26(35)30-27/h6,9-13,16-17H,1-5,7-8,14-15H2,(H,29,34)(H,28,30,35). The molecule has 39 heavy (non-hydrogen) atoms. The number of hydrogen-bond acceptors (Lipinski definition) is 7. The predicted molar refractivity (Wildman–Crippen MR) is 149 cm³/mol. The van der Waals surface area contributed by atoms with Gasteiger partial charge in [-0.1, -0.05) is 12.5 Å². The van der Waals surface area contributed by atoms with Crippen LogP contribution in [0.25, 0.3) is 16.5 Å². The summed E-state index contributed by atoms with van der Waals surface area (Å²) in [5.74, 6) is 0.144. The second-order valence-corrected chi connectivity index (χ2v) is 12.7. The number of nitrogens with one attached hydrogen (secondary N) is 2.